The maximum absolute atomic E-state index is 11.8. The molecule has 1 atom stereocenters. The van der Waals surface area contributed by atoms with E-state index in [-0.39, 0.29) is 16.4 Å². The van der Waals surface area contributed by atoms with Gasteiger partial charge >= 0.3 is 0 Å². The first-order valence-corrected chi connectivity index (χ1v) is 9.20. The zero-order valence-electron chi connectivity index (χ0n) is 13.6. The van der Waals surface area contributed by atoms with E-state index in [9.17, 15) is 9.59 Å². The minimum atomic E-state index is -0.322. The van der Waals surface area contributed by atoms with Gasteiger partial charge in [0.1, 0.15) is 0 Å². The van der Waals surface area contributed by atoms with Gasteiger partial charge in [0.25, 0.3) is 5.24 Å². The number of nitrogens with zero attached hydrogens (tertiary/aromatic N) is 1. The molecule has 0 saturated carbocycles. The molecule has 1 fully saturated rings. The van der Waals surface area contributed by atoms with Crippen molar-refractivity contribution in [3.63, 3.8) is 0 Å². The molecule has 0 bridgehead atoms. The van der Waals surface area contributed by atoms with Crippen LogP contribution < -0.4 is 5.32 Å². The van der Waals surface area contributed by atoms with Crippen molar-refractivity contribution in [3.05, 3.63) is 71.9 Å². The first-order chi connectivity index (χ1) is 12.2. The van der Waals surface area contributed by atoms with Gasteiger partial charge in [-0.2, -0.15) is 0 Å². The maximum atomic E-state index is 11.8. The van der Waals surface area contributed by atoms with Crippen LogP contribution in [0.15, 0.2) is 60.8 Å². The van der Waals surface area contributed by atoms with Crippen LogP contribution in [-0.4, -0.2) is 21.0 Å². The first kappa shape index (κ1) is 16.0. The number of nitrogens with one attached hydrogen (secondary N) is 1. The second-order valence-electron chi connectivity index (χ2n) is 6.23. The van der Waals surface area contributed by atoms with E-state index in [0.717, 1.165) is 30.3 Å². The monoisotopic (exact) mass is 350 g/mol. The van der Waals surface area contributed by atoms with Crippen LogP contribution in [0.4, 0.5) is 4.79 Å². The lowest BCUT2D eigenvalue weighted by atomic mass is 10.1. The summed E-state index contributed by atoms with van der Waals surface area (Å²) in [5, 5.41) is 2.97. The molecule has 0 aliphatic carbocycles. The molecule has 0 radical (unpaired) electrons. The van der Waals surface area contributed by atoms with Crippen LogP contribution in [-0.2, 0) is 24.2 Å². The number of imide groups is 1. The average molecular weight is 350 g/mol. The lowest BCUT2D eigenvalue weighted by Crippen LogP contribution is -2.25. The fourth-order valence-corrected chi connectivity index (χ4v) is 4.05. The molecule has 25 heavy (non-hydrogen) atoms. The molecule has 2 heterocycles. The van der Waals surface area contributed by atoms with Gasteiger partial charge in [0.15, 0.2) is 0 Å². The van der Waals surface area contributed by atoms with Crippen molar-refractivity contribution in [1.82, 2.24) is 9.88 Å². The Morgan fingerprint density at radius 3 is 2.60 bits per heavy atom. The molecule has 1 unspecified atom stereocenters. The molecule has 1 N–H and O–H groups in total. The van der Waals surface area contributed by atoms with Gasteiger partial charge in [0.05, 0.1) is 5.25 Å². The van der Waals surface area contributed by atoms with Crippen molar-refractivity contribution < 1.29 is 9.59 Å². The molecule has 4 rings (SSSR count). The molecule has 126 valence electrons. The lowest BCUT2D eigenvalue weighted by molar-refractivity contribution is -0.118. The van der Waals surface area contributed by atoms with Crippen LogP contribution in [0.1, 0.15) is 11.1 Å². The number of amides is 2. The zero-order chi connectivity index (χ0) is 17.2. The molecule has 1 aromatic heterocycles. The average Bonchev–Trinajstić information content (AvgIpc) is 3.16. The number of fused-ring (bicyclic) bond motifs is 1. The van der Waals surface area contributed by atoms with Crippen LogP contribution >= 0.6 is 11.8 Å². The topological polar surface area (TPSA) is 51.1 Å². The highest BCUT2D eigenvalue weighted by Crippen LogP contribution is 2.25. The number of benzene rings is 2. The van der Waals surface area contributed by atoms with E-state index in [1.54, 1.807) is 0 Å². The number of hydrogen-bond donors (Lipinski definition) is 1. The molecule has 1 aliphatic heterocycles. The largest absolute Gasteiger partial charge is 0.347 e. The van der Waals surface area contributed by atoms with Crippen molar-refractivity contribution in [1.29, 1.82) is 0 Å². The van der Waals surface area contributed by atoms with Crippen LogP contribution in [0.3, 0.4) is 0 Å². The normalized spacial score (nSPS) is 17.2. The molecule has 0 spiro atoms. The van der Waals surface area contributed by atoms with E-state index in [0.29, 0.717) is 6.42 Å². The van der Waals surface area contributed by atoms with Crippen molar-refractivity contribution in [3.8, 4) is 0 Å². The number of hydrogen-bond acceptors (Lipinski definition) is 3. The number of aryl methyl sites for hydroxylation is 2. The van der Waals surface area contributed by atoms with Crippen molar-refractivity contribution in [2.75, 3.05) is 0 Å². The Morgan fingerprint density at radius 1 is 1.00 bits per heavy atom. The quantitative estimate of drug-likeness (QED) is 0.762. The maximum Gasteiger partial charge on any atom is 0.286 e. The Morgan fingerprint density at radius 2 is 1.84 bits per heavy atom. The fourth-order valence-electron chi connectivity index (χ4n) is 3.19. The minimum Gasteiger partial charge on any atom is -0.347 e. The third-order valence-corrected chi connectivity index (χ3v) is 5.49. The number of carbonyl (C=O) groups excluding carboxylic acids is 2. The van der Waals surface area contributed by atoms with Gasteiger partial charge in [-0.15, -0.1) is 0 Å². The van der Waals surface area contributed by atoms with Gasteiger partial charge in [0.2, 0.25) is 5.91 Å². The predicted octanol–water partition coefficient (Wildman–Crippen LogP) is 3.78. The molecule has 1 aliphatic rings. The Bertz CT molecular complexity index is 933. The van der Waals surface area contributed by atoms with Crippen molar-refractivity contribution in [2.24, 2.45) is 0 Å². The highest BCUT2D eigenvalue weighted by Gasteiger charge is 2.31. The number of rotatable bonds is 5. The molecule has 1 saturated heterocycles. The Balaban J connectivity index is 1.53. The predicted molar refractivity (Wildman–Crippen MR) is 101 cm³/mol. The van der Waals surface area contributed by atoms with Gasteiger partial charge in [-0.05, 0) is 41.5 Å². The molecule has 5 heteroatoms. The summed E-state index contributed by atoms with van der Waals surface area (Å²) in [6, 6.07) is 18.8. The Hall–Kier alpha value is -2.53. The molecule has 4 nitrogen and oxygen atoms in total. The third-order valence-electron chi connectivity index (χ3n) is 4.51. The molecule has 2 amide bonds. The van der Waals surface area contributed by atoms with Gasteiger partial charge < -0.3 is 4.57 Å². The number of aromatic nitrogens is 1. The van der Waals surface area contributed by atoms with E-state index in [4.69, 9.17) is 0 Å². The second-order valence-corrected chi connectivity index (χ2v) is 7.40. The standard InChI is InChI=1S/C20H18N2O2S/c23-19-18(25-20(24)21-19)13-15-6-7-16-9-11-22(17(16)12-15)10-8-14-4-2-1-3-5-14/h1-7,9,11-12,18H,8,10,13H2,(H,21,23,24). The first-order valence-electron chi connectivity index (χ1n) is 8.32. The summed E-state index contributed by atoms with van der Waals surface area (Å²) in [5.41, 5.74) is 3.57. The summed E-state index contributed by atoms with van der Waals surface area (Å²) >= 11 is 1.08. The van der Waals surface area contributed by atoms with E-state index in [2.05, 4.69) is 58.5 Å². The summed E-state index contributed by atoms with van der Waals surface area (Å²) < 4.78 is 2.25. The SMILES string of the molecule is O=C1NC(=O)C(Cc2ccc3ccn(CCc4ccccc4)c3c2)S1. The van der Waals surface area contributed by atoms with Crippen LogP contribution in [0.25, 0.3) is 10.9 Å². The Kier molecular flexibility index (Phi) is 4.32. The van der Waals surface area contributed by atoms with Crippen molar-refractivity contribution >= 4 is 33.8 Å². The molecule has 3 aromatic rings. The number of carbonyl (C=O) groups is 2. The van der Waals surface area contributed by atoms with Crippen LogP contribution in [0.5, 0.6) is 0 Å². The summed E-state index contributed by atoms with van der Waals surface area (Å²) in [7, 11) is 0. The van der Waals surface area contributed by atoms with Gasteiger partial charge in [-0.3, -0.25) is 14.9 Å². The lowest BCUT2D eigenvalue weighted by Gasteiger charge is -2.09. The van der Waals surface area contributed by atoms with Gasteiger partial charge in [0, 0.05) is 18.3 Å². The molecular weight excluding hydrogens is 332 g/mol. The molecular formula is C20H18N2O2S. The summed E-state index contributed by atoms with van der Waals surface area (Å²) in [4.78, 5) is 23.1. The van der Waals surface area contributed by atoms with E-state index in [1.807, 2.05) is 12.1 Å². The van der Waals surface area contributed by atoms with E-state index in [1.165, 1.54) is 16.5 Å². The third kappa shape index (κ3) is 3.46. The van der Waals surface area contributed by atoms with Gasteiger partial charge in [-0.25, -0.2) is 0 Å². The minimum absolute atomic E-state index is 0.186. The smallest absolute Gasteiger partial charge is 0.286 e. The summed E-state index contributed by atoms with van der Waals surface area (Å²) in [6.07, 6.45) is 3.66. The van der Waals surface area contributed by atoms with Crippen LogP contribution in [0, 0.1) is 0 Å². The van der Waals surface area contributed by atoms with E-state index < -0.39 is 0 Å². The highest BCUT2D eigenvalue weighted by molar-refractivity contribution is 8.15. The Labute approximate surface area is 150 Å². The molecule has 2 aromatic carbocycles. The van der Waals surface area contributed by atoms with E-state index >= 15 is 0 Å². The van der Waals surface area contributed by atoms with Gasteiger partial charge in [-0.1, -0.05) is 54.2 Å². The summed E-state index contributed by atoms with van der Waals surface area (Å²) in [5.74, 6) is -0.186. The van der Waals surface area contributed by atoms with Crippen LogP contribution in [0.2, 0.25) is 0 Å². The fraction of sp³-hybridized carbons (Fsp3) is 0.200. The second kappa shape index (κ2) is 6.76. The van der Waals surface area contributed by atoms with Crippen molar-refractivity contribution in [2.45, 2.75) is 24.6 Å². The highest BCUT2D eigenvalue weighted by atomic mass is 32.2. The zero-order valence-corrected chi connectivity index (χ0v) is 14.5. The summed E-state index contributed by atoms with van der Waals surface area (Å²) in [6.45, 7) is 0.911. The number of thioether (sulfide) groups is 1.